The number of benzene rings is 1. The standard InChI is InChI=1S/C12H15ClN2O2/c13-9-6-8(2-3-10(9)16)11(17)15-7-12(14)4-1-5-12/h2-3,6,16H,1,4-5,7,14H2,(H,15,17). The second-order valence-electron chi connectivity index (χ2n) is 4.56. The second-order valence-corrected chi connectivity index (χ2v) is 4.97. The maximum absolute atomic E-state index is 11.8. The SMILES string of the molecule is NC1(CNC(=O)c2ccc(O)c(Cl)c2)CCC1. The third-order valence-corrected chi connectivity index (χ3v) is 3.46. The fourth-order valence-electron chi connectivity index (χ4n) is 1.81. The van der Waals surface area contributed by atoms with E-state index in [0.29, 0.717) is 12.1 Å². The largest absolute Gasteiger partial charge is 0.506 e. The van der Waals surface area contributed by atoms with E-state index in [1.165, 1.54) is 18.2 Å². The summed E-state index contributed by atoms with van der Waals surface area (Å²) in [5.74, 6) is -0.249. The molecule has 1 saturated carbocycles. The number of nitrogens with one attached hydrogen (secondary N) is 1. The number of amides is 1. The lowest BCUT2D eigenvalue weighted by atomic mass is 9.78. The van der Waals surface area contributed by atoms with E-state index in [1.807, 2.05) is 0 Å². The highest BCUT2D eigenvalue weighted by molar-refractivity contribution is 6.32. The third-order valence-electron chi connectivity index (χ3n) is 3.16. The van der Waals surface area contributed by atoms with Gasteiger partial charge >= 0.3 is 0 Å². The Hall–Kier alpha value is -1.26. The second kappa shape index (κ2) is 4.55. The summed E-state index contributed by atoms with van der Waals surface area (Å²) in [6.45, 7) is 0.477. The number of rotatable bonds is 3. The van der Waals surface area contributed by atoms with Gasteiger partial charge in [-0.1, -0.05) is 11.6 Å². The fourth-order valence-corrected chi connectivity index (χ4v) is 1.99. The van der Waals surface area contributed by atoms with E-state index in [2.05, 4.69) is 5.32 Å². The summed E-state index contributed by atoms with van der Waals surface area (Å²) in [5.41, 5.74) is 6.19. The summed E-state index contributed by atoms with van der Waals surface area (Å²) in [4.78, 5) is 11.8. The molecule has 0 bridgehead atoms. The minimum absolute atomic E-state index is 0.0301. The van der Waals surface area contributed by atoms with Gasteiger partial charge in [0.15, 0.2) is 0 Å². The van der Waals surface area contributed by atoms with Crippen molar-refractivity contribution >= 4 is 17.5 Å². The summed E-state index contributed by atoms with van der Waals surface area (Å²) >= 11 is 5.73. The van der Waals surface area contributed by atoms with E-state index in [-0.39, 0.29) is 22.2 Å². The predicted octanol–water partition coefficient (Wildman–Crippen LogP) is 1.66. The van der Waals surface area contributed by atoms with Crippen LogP contribution in [0.5, 0.6) is 5.75 Å². The molecule has 17 heavy (non-hydrogen) atoms. The van der Waals surface area contributed by atoms with Gasteiger partial charge < -0.3 is 16.2 Å². The van der Waals surface area contributed by atoms with Crippen LogP contribution >= 0.6 is 11.6 Å². The quantitative estimate of drug-likeness (QED) is 0.768. The average Bonchev–Trinajstić information content (AvgIpc) is 2.27. The minimum atomic E-state index is -0.240. The Labute approximate surface area is 105 Å². The van der Waals surface area contributed by atoms with Crippen molar-refractivity contribution in [2.24, 2.45) is 5.73 Å². The predicted molar refractivity (Wildman–Crippen MR) is 66.2 cm³/mol. The molecule has 0 atom stereocenters. The molecule has 92 valence electrons. The molecule has 4 N–H and O–H groups in total. The molecule has 1 aromatic carbocycles. The van der Waals surface area contributed by atoms with Gasteiger partial charge in [-0.2, -0.15) is 0 Å². The van der Waals surface area contributed by atoms with Crippen LogP contribution in [0.15, 0.2) is 18.2 Å². The highest BCUT2D eigenvalue weighted by Gasteiger charge is 2.32. The summed E-state index contributed by atoms with van der Waals surface area (Å²) < 4.78 is 0. The number of phenolic OH excluding ortho intramolecular Hbond substituents is 1. The van der Waals surface area contributed by atoms with E-state index in [4.69, 9.17) is 17.3 Å². The van der Waals surface area contributed by atoms with Crippen LogP contribution in [0.25, 0.3) is 0 Å². The zero-order valence-corrected chi connectivity index (χ0v) is 10.1. The minimum Gasteiger partial charge on any atom is -0.506 e. The van der Waals surface area contributed by atoms with Crippen LogP contribution in [-0.4, -0.2) is 23.1 Å². The molecule has 0 aromatic heterocycles. The Morgan fingerprint density at radius 2 is 2.24 bits per heavy atom. The molecule has 4 nitrogen and oxygen atoms in total. The first-order valence-corrected chi connectivity index (χ1v) is 5.94. The monoisotopic (exact) mass is 254 g/mol. The topological polar surface area (TPSA) is 75.3 Å². The molecule has 1 aromatic rings. The summed E-state index contributed by atoms with van der Waals surface area (Å²) in [7, 11) is 0. The van der Waals surface area contributed by atoms with Gasteiger partial charge in [-0.3, -0.25) is 4.79 Å². The van der Waals surface area contributed by atoms with Gasteiger partial charge in [-0.25, -0.2) is 0 Å². The van der Waals surface area contributed by atoms with E-state index in [0.717, 1.165) is 19.3 Å². The van der Waals surface area contributed by atoms with Crippen molar-refractivity contribution < 1.29 is 9.90 Å². The molecule has 5 heteroatoms. The van der Waals surface area contributed by atoms with Crippen molar-refractivity contribution in [1.82, 2.24) is 5.32 Å². The number of carbonyl (C=O) groups is 1. The first-order valence-electron chi connectivity index (χ1n) is 5.56. The Morgan fingerprint density at radius 1 is 1.53 bits per heavy atom. The first-order chi connectivity index (χ1) is 8.00. The number of nitrogens with two attached hydrogens (primary N) is 1. The van der Waals surface area contributed by atoms with Crippen LogP contribution in [-0.2, 0) is 0 Å². The molecule has 1 amide bonds. The van der Waals surface area contributed by atoms with Crippen LogP contribution in [0.1, 0.15) is 29.6 Å². The van der Waals surface area contributed by atoms with Gasteiger partial charge in [0.25, 0.3) is 5.91 Å². The maximum atomic E-state index is 11.8. The summed E-state index contributed by atoms with van der Waals surface area (Å²) in [6, 6.07) is 4.37. The Balaban J connectivity index is 1.97. The third kappa shape index (κ3) is 2.70. The lowest BCUT2D eigenvalue weighted by Crippen LogP contribution is -2.54. The molecule has 0 aliphatic heterocycles. The number of hydrogen-bond donors (Lipinski definition) is 3. The molecule has 0 unspecified atom stereocenters. The normalized spacial score (nSPS) is 17.3. The summed E-state index contributed by atoms with van der Waals surface area (Å²) in [6.07, 6.45) is 3.02. The van der Waals surface area contributed by atoms with Crippen LogP contribution in [0, 0.1) is 0 Å². The Bertz CT molecular complexity index is 444. The first kappa shape index (κ1) is 12.2. The lowest BCUT2D eigenvalue weighted by molar-refractivity contribution is 0.0930. The maximum Gasteiger partial charge on any atom is 0.251 e. The van der Waals surface area contributed by atoms with Crippen molar-refractivity contribution in [3.05, 3.63) is 28.8 Å². The highest BCUT2D eigenvalue weighted by atomic mass is 35.5. The van der Waals surface area contributed by atoms with Crippen molar-refractivity contribution in [3.8, 4) is 5.75 Å². The highest BCUT2D eigenvalue weighted by Crippen LogP contribution is 2.28. The van der Waals surface area contributed by atoms with Gasteiger partial charge in [-0.15, -0.1) is 0 Å². The molecule has 1 aliphatic rings. The molecule has 0 heterocycles. The number of aromatic hydroxyl groups is 1. The molecular weight excluding hydrogens is 240 g/mol. The van der Waals surface area contributed by atoms with E-state index < -0.39 is 0 Å². The van der Waals surface area contributed by atoms with Crippen LogP contribution in [0.4, 0.5) is 0 Å². The Kier molecular flexibility index (Phi) is 3.26. The molecule has 0 spiro atoms. The Morgan fingerprint density at radius 3 is 2.76 bits per heavy atom. The molecule has 1 aliphatic carbocycles. The smallest absolute Gasteiger partial charge is 0.251 e. The van der Waals surface area contributed by atoms with E-state index >= 15 is 0 Å². The molecule has 0 saturated heterocycles. The van der Waals surface area contributed by atoms with Gasteiger partial charge in [-0.05, 0) is 37.5 Å². The van der Waals surface area contributed by atoms with Crippen molar-refractivity contribution in [3.63, 3.8) is 0 Å². The van der Waals surface area contributed by atoms with Gasteiger partial charge in [0.1, 0.15) is 5.75 Å². The molecule has 1 fully saturated rings. The van der Waals surface area contributed by atoms with Crippen LogP contribution in [0.2, 0.25) is 5.02 Å². The number of hydrogen-bond acceptors (Lipinski definition) is 3. The van der Waals surface area contributed by atoms with E-state index in [9.17, 15) is 9.90 Å². The van der Waals surface area contributed by atoms with Gasteiger partial charge in [0, 0.05) is 17.6 Å². The number of phenols is 1. The lowest BCUT2D eigenvalue weighted by Gasteiger charge is -2.38. The van der Waals surface area contributed by atoms with Crippen LogP contribution in [0.3, 0.4) is 0 Å². The van der Waals surface area contributed by atoms with Crippen molar-refractivity contribution in [1.29, 1.82) is 0 Å². The van der Waals surface area contributed by atoms with Gasteiger partial charge in [0.05, 0.1) is 5.02 Å². The summed E-state index contributed by atoms with van der Waals surface area (Å²) in [5, 5.41) is 12.2. The number of carbonyl (C=O) groups excluding carboxylic acids is 1. The van der Waals surface area contributed by atoms with Crippen LogP contribution < -0.4 is 11.1 Å². The van der Waals surface area contributed by atoms with Crippen molar-refractivity contribution in [2.75, 3.05) is 6.54 Å². The zero-order valence-electron chi connectivity index (χ0n) is 9.37. The van der Waals surface area contributed by atoms with Gasteiger partial charge in [0.2, 0.25) is 0 Å². The molecule has 0 radical (unpaired) electrons. The molecular formula is C12H15ClN2O2. The molecule has 2 rings (SSSR count). The van der Waals surface area contributed by atoms with Crippen molar-refractivity contribution in [2.45, 2.75) is 24.8 Å². The zero-order chi connectivity index (χ0) is 12.5. The number of halogens is 1. The van der Waals surface area contributed by atoms with E-state index in [1.54, 1.807) is 0 Å². The average molecular weight is 255 g/mol. The fraction of sp³-hybridized carbons (Fsp3) is 0.417.